The van der Waals surface area contributed by atoms with Gasteiger partial charge in [-0.25, -0.2) is 8.42 Å². The van der Waals surface area contributed by atoms with Gasteiger partial charge in [-0.15, -0.1) is 0 Å². The molecule has 0 saturated carbocycles. The third-order valence-electron chi connectivity index (χ3n) is 1.77. The molecule has 4 heteroatoms. The van der Waals surface area contributed by atoms with E-state index in [2.05, 4.69) is 11.6 Å². The maximum atomic E-state index is 11.0. The summed E-state index contributed by atoms with van der Waals surface area (Å²) in [5, 5.41) is 0. The maximum absolute atomic E-state index is 11.0. The van der Waals surface area contributed by atoms with Gasteiger partial charge < -0.3 is 0 Å². The molecule has 0 aliphatic rings. The van der Waals surface area contributed by atoms with E-state index in [1.807, 2.05) is 32.0 Å². The number of anilines is 1. The molecule has 16 heavy (non-hydrogen) atoms. The van der Waals surface area contributed by atoms with Crippen LogP contribution >= 0.6 is 0 Å². The highest BCUT2D eigenvalue weighted by atomic mass is 32.2. The maximum Gasteiger partial charge on any atom is 0.229 e. The third kappa shape index (κ3) is 6.45. The first kappa shape index (κ1) is 15.0. The average Bonchev–Trinajstić information content (AvgIpc) is 2.19. The number of aryl methyl sites for hydroxylation is 1. The quantitative estimate of drug-likeness (QED) is 0.883. The molecule has 0 fully saturated rings. The molecule has 0 unspecified atom stereocenters. The van der Waals surface area contributed by atoms with Crippen molar-refractivity contribution in [3.8, 4) is 0 Å². The number of sulfonamides is 1. The van der Waals surface area contributed by atoms with Crippen LogP contribution in [0.25, 0.3) is 0 Å². The van der Waals surface area contributed by atoms with Crippen LogP contribution in [0, 0.1) is 0 Å². The van der Waals surface area contributed by atoms with Crippen molar-refractivity contribution < 1.29 is 8.42 Å². The minimum atomic E-state index is -3.16. The molecule has 92 valence electrons. The van der Waals surface area contributed by atoms with Crippen LogP contribution in [0.2, 0.25) is 0 Å². The van der Waals surface area contributed by atoms with E-state index < -0.39 is 10.0 Å². The lowest BCUT2D eigenvalue weighted by molar-refractivity contribution is 0.607. The molecule has 1 rings (SSSR count). The fourth-order valence-corrected chi connectivity index (χ4v) is 1.85. The summed E-state index contributed by atoms with van der Waals surface area (Å²) >= 11 is 0. The molecule has 1 N–H and O–H groups in total. The molecule has 3 nitrogen and oxygen atoms in total. The molecule has 0 bridgehead atoms. The summed E-state index contributed by atoms with van der Waals surface area (Å²) in [7, 11) is -3.16. The van der Waals surface area contributed by atoms with Crippen LogP contribution in [0.1, 0.15) is 32.8 Å². The average molecular weight is 243 g/mol. The Balaban J connectivity index is 0.00000106. The van der Waals surface area contributed by atoms with E-state index in [0.29, 0.717) is 5.69 Å². The molecule has 0 aliphatic carbocycles. The van der Waals surface area contributed by atoms with Gasteiger partial charge in [0.15, 0.2) is 0 Å². The zero-order valence-electron chi connectivity index (χ0n) is 10.4. The summed E-state index contributed by atoms with van der Waals surface area (Å²) in [5.74, 6) is 0. The van der Waals surface area contributed by atoms with Gasteiger partial charge in [-0.1, -0.05) is 39.3 Å². The van der Waals surface area contributed by atoms with Gasteiger partial charge in [0.2, 0.25) is 10.0 Å². The summed E-state index contributed by atoms with van der Waals surface area (Å²) in [6.07, 6.45) is 3.18. The molecule has 0 heterocycles. The predicted octanol–water partition coefficient (Wildman–Crippen LogP) is 3.04. The van der Waals surface area contributed by atoms with E-state index in [4.69, 9.17) is 0 Å². The molecule has 0 spiro atoms. The van der Waals surface area contributed by atoms with Gasteiger partial charge in [-0.3, -0.25) is 4.72 Å². The summed E-state index contributed by atoms with van der Waals surface area (Å²) in [6, 6.07) is 7.47. The lowest BCUT2D eigenvalue weighted by Gasteiger charge is -2.05. The van der Waals surface area contributed by atoms with Gasteiger partial charge >= 0.3 is 0 Å². The molecule has 1 aromatic carbocycles. The second-order valence-corrected chi connectivity index (χ2v) is 5.07. The molecule has 0 aliphatic heterocycles. The van der Waals surface area contributed by atoms with E-state index in [1.54, 1.807) is 6.07 Å². The van der Waals surface area contributed by atoms with E-state index in [9.17, 15) is 8.42 Å². The second-order valence-electron chi connectivity index (χ2n) is 3.32. The zero-order chi connectivity index (χ0) is 12.6. The van der Waals surface area contributed by atoms with Crippen LogP contribution in [-0.4, -0.2) is 14.7 Å². The Kier molecular flexibility index (Phi) is 6.81. The lowest BCUT2D eigenvalue weighted by Crippen LogP contribution is -2.09. The van der Waals surface area contributed by atoms with Gasteiger partial charge in [0.1, 0.15) is 0 Å². The van der Waals surface area contributed by atoms with Crippen molar-refractivity contribution >= 4 is 15.7 Å². The number of benzene rings is 1. The van der Waals surface area contributed by atoms with Gasteiger partial charge in [-0.2, -0.15) is 0 Å². The van der Waals surface area contributed by atoms with Crippen LogP contribution < -0.4 is 4.72 Å². The van der Waals surface area contributed by atoms with Crippen molar-refractivity contribution in [2.75, 3.05) is 11.0 Å². The molecule has 0 atom stereocenters. The van der Waals surface area contributed by atoms with Gasteiger partial charge in [0.25, 0.3) is 0 Å². The molecule has 0 saturated heterocycles. The molecular weight excluding hydrogens is 222 g/mol. The van der Waals surface area contributed by atoms with Crippen molar-refractivity contribution in [2.24, 2.45) is 0 Å². The van der Waals surface area contributed by atoms with Gasteiger partial charge in [0.05, 0.1) is 6.26 Å². The molecule has 0 amide bonds. The van der Waals surface area contributed by atoms with Crippen LogP contribution in [0.15, 0.2) is 24.3 Å². The first-order chi connectivity index (χ1) is 7.51. The molecule has 0 radical (unpaired) electrons. The summed E-state index contributed by atoms with van der Waals surface area (Å²) in [4.78, 5) is 0. The van der Waals surface area contributed by atoms with E-state index >= 15 is 0 Å². The summed E-state index contributed by atoms with van der Waals surface area (Å²) in [6.45, 7) is 6.09. The molecular formula is C12H21NO2S. The minimum Gasteiger partial charge on any atom is -0.284 e. The van der Waals surface area contributed by atoms with Gasteiger partial charge in [0, 0.05) is 5.69 Å². The molecule has 1 aromatic rings. The number of nitrogens with one attached hydrogen (secondary N) is 1. The summed E-state index contributed by atoms with van der Waals surface area (Å²) < 4.78 is 24.4. The normalized spacial score (nSPS) is 10.2. The van der Waals surface area contributed by atoms with Crippen molar-refractivity contribution in [1.82, 2.24) is 0 Å². The Bertz CT molecular complexity index is 399. The van der Waals surface area contributed by atoms with Gasteiger partial charge in [-0.05, 0) is 24.1 Å². The number of hydrogen-bond donors (Lipinski definition) is 1. The molecule has 0 aromatic heterocycles. The largest absolute Gasteiger partial charge is 0.284 e. The highest BCUT2D eigenvalue weighted by molar-refractivity contribution is 7.92. The van der Waals surface area contributed by atoms with Crippen molar-refractivity contribution in [3.63, 3.8) is 0 Å². The highest BCUT2D eigenvalue weighted by Crippen LogP contribution is 2.12. The van der Waals surface area contributed by atoms with E-state index in [0.717, 1.165) is 24.7 Å². The minimum absolute atomic E-state index is 0.637. The SMILES string of the molecule is CC.CCCc1cccc(NS(C)(=O)=O)c1. The van der Waals surface area contributed by atoms with Crippen LogP contribution in [-0.2, 0) is 16.4 Å². The number of hydrogen-bond acceptors (Lipinski definition) is 2. The monoisotopic (exact) mass is 243 g/mol. The Morgan fingerprint density at radius 3 is 2.38 bits per heavy atom. The fourth-order valence-electron chi connectivity index (χ4n) is 1.29. The fraction of sp³-hybridized carbons (Fsp3) is 0.500. The Labute approximate surface area is 98.9 Å². The first-order valence-electron chi connectivity index (χ1n) is 5.58. The van der Waals surface area contributed by atoms with Crippen molar-refractivity contribution in [2.45, 2.75) is 33.6 Å². The van der Waals surface area contributed by atoms with Crippen molar-refractivity contribution in [1.29, 1.82) is 0 Å². The Hall–Kier alpha value is -1.03. The predicted molar refractivity (Wildman–Crippen MR) is 70.3 cm³/mol. The number of rotatable bonds is 4. The van der Waals surface area contributed by atoms with Crippen molar-refractivity contribution in [3.05, 3.63) is 29.8 Å². The summed E-state index contributed by atoms with van der Waals surface area (Å²) in [5.41, 5.74) is 1.79. The van der Waals surface area contributed by atoms with E-state index in [1.165, 1.54) is 0 Å². The van der Waals surface area contributed by atoms with Crippen LogP contribution in [0.3, 0.4) is 0 Å². The Morgan fingerprint density at radius 1 is 1.25 bits per heavy atom. The Morgan fingerprint density at radius 2 is 1.88 bits per heavy atom. The first-order valence-corrected chi connectivity index (χ1v) is 7.47. The van der Waals surface area contributed by atoms with Crippen LogP contribution in [0.4, 0.5) is 5.69 Å². The third-order valence-corrected chi connectivity index (χ3v) is 2.38. The topological polar surface area (TPSA) is 46.2 Å². The standard InChI is InChI=1S/C10H15NO2S.C2H6/c1-3-5-9-6-4-7-10(8-9)11-14(2,12)13;1-2/h4,6-8,11H,3,5H2,1-2H3;1-2H3. The zero-order valence-corrected chi connectivity index (χ0v) is 11.3. The smallest absolute Gasteiger partial charge is 0.229 e. The highest BCUT2D eigenvalue weighted by Gasteiger charge is 2.01. The van der Waals surface area contributed by atoms with Crippen LogP contribution in [0.5, 0.6) is 0 Å². The second kappa shape index (κ2) is 7.28. The van der Waals surface area contributed by atoms with E-state index in [-0.39, 0.29) is 0 Å². The lowest BCUT2D eigenvalue weighted by atomic mass is 10.1.